The minimum atomic E-state index is -0.381. The first kappa shape index (κ1) is 51.5. The maximum Gasteiger partial charge on any atom is 3.00 e. The van der Waals surface area contributed by atoms with Gasteiger partial charge in [0.1, 0.15) is 24.2 Å². The van der Waals surface area contributed by atoms with E-state index in [0.29, 0.717) is 22.3 Å². The molecule has 8 rings (SSSR count). The molecule has 323 valence electrons. The van der Waals surface area contributed by atoms with Gasteiger partial charge in [0.25, 0.3) is 0 Å². The minimum Gasteiger partial charge on any atom is -0.872 e. The van der Waals surface area contributed by atoms with Gasteiger partial charge in [0.05, 0.1) is 0 Å². The molecule has 0 heterocycles. The van der Waals surface area contributed by atoms with Crippen LogP contribution in [-0.4, -0.2) is 24.9 Å². The molecule has 0 bridgehead atoms. The Hall–Kier alpha value is -5.45. The summed E-state index contributed by atoms with van der Waals surface area (Å²) in [6.45, 7) is 0. The third-order valence-corrected chi connectivity index (χ3v) is 10.3. The number of para-hydroxylation sites is 4. The summed E-state index contributed by atoms with van der Waals surface area (Å²) in [5.41, 5.74) is 5.95. The third kappa shape index (κ3) is 14.8. The number of benzene rings is 8. The Labute approximate surface area is 459 Å². The molecule has 8 aromatic carbocycles. The van der Waals surface area contributed by atoms with E-state index in [1.54, 1.807) is 73.4 Å². The van der Waals surface area contributed by atoms with Gasteiger partial charge in [0, 0.05) is 24.9 Å². The fourth-order valence-electron chi connectivity index (χ4n) is 6.99. The molecule has 66 heavy (non-hydrogen) atoms. The normalized spacial score (nSPS) is 13.0. The molecule has 8 nitrogen and oxygen atoms in total. The van der Waals surface area contributed by atoms with Crippen molar-refractivity contribution in [2.45, 2.75) is 24.2 Å². The van der Waals surface area contributed by atoms with Gasteiger partial charge in [-0.3, -0.25) is 20.0 Å². The van der Waals surface area contributed by atoms with E-state index >= 15 is 0 Å². The second kappa shape index (κ2) is 27.3. The summed E-state index contributed by atoms with van der Waals surface area (Å²) in [4.78, 5) is 19.3. The van der Waals surface area contributed by atoms with Gasteiger partial charge in [-0.15, -0.1) is 23.0 Å². The second-order valence-corrected chi connectivity index (χ2v) is 14.7. The summed E-state index contributed by atoms with van der Waals surface area (Å²) in [5.74, 6) is -0.322. The van der Waals surface area contributed by atoms with E-state index in [2.05, 4.69) is 0 Å². The van der Waals surface area contributed by atoms with E-state index in [0.717, 1.165) is 22.3 Å². The van der Waals surface area contributed by atoms with Crippen LogP contribution in [0.4, 0.5) is 0 Å². The maximum absolute atomic E-state index is 12.2. The molecule has 0 fully saturated rings. The molecule has 0 spiro atoms. The predicted molar refractivity (Wildman–Crippen MR) is 251 cm³/mol. The van der Waals surface area contributed by atoms with Crippen LogP contribution in [-0.2, 0) is 0 Å². The van der Waals surface area contributed by atoms with Crippen molar-refractivity contribution in [3.63, 3.8) is 0 Å². The number of aliphatic imine (C=N–C) groups is 4. The van der Waals surface area contributed by atoms with E-state index in [1.165, 1.54) is 24.3 Å². The largest absolute Gasteiger partial charge is 3.00 e. The Bertz CT molecular complexity index is 2420. The van der Waals surface area contributed by atoms with Crippen LogP contribution in [0.1, 0.15) is 68.7 Å². The Balaban J connectivity index is 0.000000240. The van der Waals surface area contributed by atoms with Crippen molar-refractivity contribution in [3.8, 4) is 23.0 Å². The first-order valence-electron chi connectivity index (χ1n) is 20.8. The van der Waals surface area contributed by atoms with Crippen LogP contribution in [0.5, 0.6) is 23.0 Å². The van der Waals surface area contributed by atoms with Gasteiger partial charge in [-0.2, -0.15) is 0 Å². The molecule has 0 aromatic heterocycles. The van der Waals surface area contributed by atoms with Crippen LogP contribution in [0.2, 0.25) is 0 Å². The zero-order valence-electron chi connectivity index (χ0n) is 36.1. The minimum absolute atomic E-state index is 0. The Morgan fingerprint density at radius 2 is 0.424 bits per heavy atom. The van der Waals surface area contributed by atoms with E-state index in [1.807, 2.05) is 146 Å². The Morgan fingerprint density at radius 1 is 0.258 bits per heavy atom. The van der Waals surface area contributed by atoms with Gasteiger partial charge in [-0.05, 0) is 44.5 Å². The van der Waals surface area contributed by atoms with Crippen LogP contribution in [0.15, 0.2) is 238 Å². The van der Waals surface area contributed by atoms with E-state index in [-0.39, 0.29) is 137 Å². The molecule has 0 aliphatic carbocycles. The molecule has 0 N–H and O–H groups in total. The molecule has 0 aliphatic heterocycles. The quantitative estimate of drug-likeness (QED) is 0.0882. The van der Waals surface area contributed by atoms with E-state index in [4.69, 9.17) is 20.0 Å². The molecule has 4 atom stereocenters. The van der Waals surface area contributed by atoms with Crippen LogP contribution in [0.25, 0.3) is 0 Å². The zero-order valence-corrected chi connectivity index (χ0v) is 41.3. The fraction of sp³-hybridized carbons (Fsp3) is 0.0714. The molecule has 0 saturated heterocycles. The molecular formula is C56H44DyKN4O4. The smallest absolute Gasteiger partial charge is 0.872 e. The number of nitrogens with zero attached hydrogens (tertiary/aromatic N) is 4. The van der Waals surface area contributed by atoms with Crippen molar-refractivity contribution < 1.29 is 110 Å². The standard InChI is InChI=1S/2C28H24N2O2.Dy.K/c2*31-25-17-9-7-15-23(25)19-29-27(21-11-3-1-4-12-21)28(22-13-5-2-6-14-22)30-20-24-16-8-10-18-26(24)32;;/h2*1-20,27-28,31-32H;;/q;;+3;+1/p-4/t2*27-,28-;;/m11../s1. The van der Waals surface area contributed by atoms with Gasteiger partial charge in [0.15, 0.2) is 0 Å². The Kier molecular flexibility index (Phi) is 21.3. The van der Waals surface area contributed by atoms with Crippen molar-refractivity contribution >= 4 is 24.9 Å². The summed E-state index contributed by atoms with van der Waals surface area (Å²) in [6, 6.07) is 65.1. The van der Waals surface area contributed by atoms with Crippen molar-refractivity contribution in [2.24, 2.45) is 20.0 Å². The summed E-state index contributed by atoms with van der Waals surface area (Å²) >= 11 is 0. The van der Waals surface area contributed by atoms with Crippen molar-refractivity contribution in [2.75, 3.05) is 0 Å². The number of rotatable bonds is 14. The van der Waals surface area contributed by atoms with Crippen LogP contribution in [0, 0.1) is 38.2 Å². The molecule has 0 amide bonds. The topological polar surface area (TPSA) is 142 Å². The average Bonchev–Trinajstić information content (AvgIpc) is 3.34. The molecule has 8 aromatic rings. The van der Waals surface area contributed by atoms with Crippen LogP contribution < -0.4 is 71.8 Å². The second-order valence-electron chi connectivity index (χ2n) is 14.7. The SMILES string of the molecule is [Dy+3].[K+].[O-]c1ccccc1C=N[C@H](c1ccccc1)[C@H](N=Cc1ccccc1[O-])c1ccccc1.[O-]c1ccccc1C=N[C@H](c1ccccc1)[C@H](N=Cc1ccccc1[O-])c1ccccc1. The zero-order chi connectivity index (χ0) is 44.4. The van der Waals surface area contributed by atoms with Gasteiger partial charge in [-0.25, -0.2) is 0 Å². The summed E-state index contributed by atoms with van der Waals surface area (Å²) in [6.07, 6.45) is 6.47. The maximum atomic E-state index is 12.2. The van der Waals surface area contributed by atoms with Crippen molar-refractivity contribution in [1.29, 1.82) is 0 Å². The first-order chi connectivity index (χ1) is 31.4. The number of hydrogen-bond acceptors (Lipinski definition) is 8. The molecule has 1 radical (unpaired) electrons. The van der Waals surface area contributed by atoms with Gasteiger partial charge in [0.2, 0.25) is 0 Å². The molecule has 0 unspecified atom stereocenters. The molecular weight excluding hydrogens is 994 g/mol. The third-order valence-electron chi connectivity index (χ3n) is 10.3. The van der Waals surface area contributed by atoms with Crippen molar-refractivity contribution in [1.82, 2.24) is 0 Å². The van der Waals surface area contributed by atoms with Crippen molar-refractivity contribution in [3.05, 3.63) is 263 Å². The summed E-state index contributed by atoms with van der Waals surface area (Å²) in [5, 5.41) is 48.8. The summed E-state index contributed by atoms with van der Waals surface area (Å²) < 4.78 is 0. The molecule has 0 aliphatic rings. The van der Waals surface area contributed by atoms with Gasteiger partial charge < -0.3 is 20.4 Å². The molecule has 10 heteroatoms. The summed E-state index contributed by atoms with van der Waals surface area (Å²) in [7, 11) is 0. The van der Waals surface area contributed by atoms with Crippen LogP contribution >= 0.6 is 0 Å². The predicted octanol–water partition coefficient (Wildman–Crippen LogP) is 6.71. The monoisotopic (exact) mass is 1040 g/mol. The van der Waals surface area contributed by atoms with E-state index in [9.17, 15) is 20.4 Å². The molecule has 0 saturated carbocycles. The van der Waals surface area contributed by atoms with Gasteiger partial charge >= 0.3 is 89.6 Å². The fourth-order valence-corrected chi connectivity index (χ4v) is 6.99. The van der Waals surface area contributed by atoms with Gasteiger partial charge in [-0.1, -0.05) is 218 Å². The number of hydrogen-bond donors (Lipinski definition) is 0. The first-order valence-corrected chi connectivity index (χ1v) is 20.8. The van der Waals surface area contributed by atoms with E-state index < -0.39 is 0 Å². The Morgan fingerprint density at radius 3 is 0.606 bits per heavy atom. The van der Waals surface area contributed by atoms with Crippen LogP contribution in [0.3, 0.4) is 0 Å². The average molecular weight is 1040 g/mol.